The quantitative estimate of drug-likeness (QED) is 0.605. The Hall–Kier alpha value is -2.62. The number of hydrogen-bond acceptors (Lipinski definition) is 2. The third kappa shape index (κ3) is 3.81. The molecule has 3 aromatic rings. The Labute approximate surface area is 173 Å². The molecule has 0 N–H and O–H groups in total. The van der Waals surface area contributed by atoms with Crippen molar-refractivity contribution in [3.63, 3.8) is 0 Å². The lowest BCUT2D eigenvalue weighted by Gasteiger charge is -2.32. The number of aromatic nitrogens is 2. The van der Waals surface area contributed by atoms with Gasteiger partial charge < -0.3 is 9.47 Å². The third-order valence-electron chi connectivity index (χ3n) is 5.97. The number of carbonyl (C=O) groups is 1. The van der Waals surface area contributed by atoms with Gasteiger partial charge in [-0.05, 0) is 49.9 Å². The molecule has 0 unspecified atom stereocenters. The SMILES string of the molecule is CC(C)c1ccc(Cn2c([C@H]3CC(=O)N(C(C)(C)C)C3)nc3ccccc32)cc1. The predicted molar refractivity (Wildman–Crippen MR) is 118 cm³/mol. The number of nitrogens with zero attached hydrogens (tertiary/aromatic N) is 3. The maximum absolute atomic E-state index is 12.7. The summed E-state index contributed by atoms with van der Waals surface area (Å²) in [6, 6.07) is 17.2. The molecule has 4 heteroatoms. The minimum Gasteiger partial charge on any atom is -0.337 e. The zero-order valence-electron chi connectivity index (χ0n) is 18.1. The highest BCUT2D eigenvalue weighted by Crippen LogP contribution is 2.34. The van der Waals surface area contributed by atoms with E-state index in [0.29, 0.717) is 12.3 Å². The molecule has 0 spiro atoms. The second-order valence-electron chi connectivity index (χ2n) is 9.52. The van der Waals surface area contributed by atoms with Crippen molar-refractivity contribution >= 4 is 16.9 Å². The molecule has 0 bridgehead atoms. The summed E-state index contributed by atoms with van der Waals surface area (Å²) < 4.78 is 2.31. The van der Waals surface area contributed by atoms with Crippen LogP contribution in [0.2, 0.25) is 0 Å². The van der Waals surface area contributed by atoms with Crippen molar-refractivity contribution in [1.82, 2.24) is 14.5 Å². The minimum absolute atomic E-state index is 0.129. The van der Waals surface area contributed by atoms with E-state index in [1.165, 1.54) is 11.1 Å². The zero-order valence-corrected chi connectivity index (χ0v) is 18.1. The molecule has 1 saturated heterocycles. The number of carbonyl (C=O) groups excluding carboxylic acids is 1. The fraction of sp³-hybridized carbons (Fsp3) is 0.440. The van der Waals surface area contributed by atoms with Crippen LogP contribution in [0.4, 0.5) is 0 Å². The molecule has 1 fully saturated rings. The Bertz CT molecular complexity index is 1020. The molecule has 0 radical (unpaired) electrons. The van der Waals surface area contributed by atoms with E-state index in [9.17, 15) is 4.79 Å². The van der Waals surface area contributed by atoms with Gasteiger partial charge >= 0.3 is 0 Å². The maximum atomic E-state index is 12.7. The third-order valence-corrected chi connectivity index (χ3v) is 5.97. The van der Waals surface area contributed by atoms with Gasteiger partial charge in [0.05, 0.1) is 11.0 Å². The first-order valence-corrected chi connectivity index (χ1v) is 10.6. The number of benzene rings is 2. The largest absolute Gasteiger partial charge is 0.337 e. The van der Waals surface area contributed by atoms with E-state index in [4.69, 9.17) is 4.98 Å². The molecule has 4 rings (SSSR count). The van der Waals surface area contributed by atoms with Gasteiger partial charge in [-0.2, -0.15) is 0 Å². The first kappa shape index (κ1) is 19.7. The Kier molecular flexibility index (Phi) is 4.97. The molecule has 152 valence electrons. The summed E-state index contributed by atoms with van der Waals surface area (Å²) in [6.45, 7) is 12.3. The van der Waals surface area contributed by atoms with Crippen LogP contribution >= 0.6 is 0 Å². The predicted octanol–water partition coefficient (Wildman–Crippen LogP) is 5.32. The standard InChI is InChI=1S/C25H31N3O/c1-17(2)19-12-10-18(11-13-19)15-27-22-9-7-6-8-21(22)26-24(27)20-14-23(29)28(16-20)25(3,4)5/h6-13,17,20H,14-16H2,1-5H3/t20-/m0/s1. The van der Waals surface area contributed by atoms with Gasteiger partial charge in [-0.1, -0.05) is 50.2 Å². The Morgan fingerprint density at radius 1 is 1.07 bits per heavy atom. The molecule has 1 aliphatic rings. The van der Waals surface area contributed by atoms with Crippen LogP contribution in [0.1, 0.15) is 69.8 Å². The van der Waals surface area contributed by atoms with Gasteiger partial charge in [0, 0.05) is 31.0 Å². The van der Waals surface area contributed by atoms with E-state index < -0.39 is 0 Å². The molecule has 1 aliphatic heterocycles. The zero-order chi connectivity index (χ0) is 20.8. The van der Waals surface area contributed by atoms with E-state index in [2.05, 4.69) is 81.7 Å². The lowest BCUT2D eigenvalue weighted by molar-refractivity contribution is -0.131. The fourth-order valence-electron chi connectivity index (χ4n) is 4.29. The van der Waals surface area contributed by atoms with Crippen LogP contribution in [-0.4, -0.2) is 32.4 Å². The van der Waals surface area contributed by atoms with E-state index in [-0.39, 0.29) is 17.4 Å². The van der Waals surface area contributed by atoms with Crippen molar-refractivity contribution in [2.75, 3.05) is 6.54 Å². The lowest BCUT2D eigenvalue weighted by atomic mass is 10.0. The van der Waals surface area contributed by atoms with Crippen LogP contribution in [0.25, 0.3) is 11.0 Å². The van der Waals surface area contributed by atoms with Crippen molar-refractivity contribution in [3.05, 3.63) is 65.5 Å². The lowest BCUT2D eigenvalue weighted by Crippen LogP contribution is -2.42. The van der Waals surface area contributed by atoms with Gasteiger partial charge in [0.25, 0.3) is 0 Å². The monoisotopic (exact) mass is 389 g/mol. The number of rotatable bonds is 4. The van der Waals surface area contributed by atoms with Gasteiger partial charge in [-0.15, -0.1) is 0 Å². The van der Waals surface area contributed by atoms with Crippen LogP contribution in [-0.2, 0) is 11.3 Å². The summed E-state index contributed by atoms with van der Waals surface area (Å²) in [4.78, 5) is 19.7. The number of likely N-dealkylation sites (tertiary alicyclic amines) is 1. The first-order chi connectivity index (χ1) is 13.7. The minimum atomic E-state index is -0.157. The molecular formula is C25H31N3O. The molecule has 0 saturated carbocycles. The first-order valence-electron chi connectivity index (χ1n) is 10.6. The molecule has 1 amide bonds. The van der Waals surface area contributed by atoms with Crippen molar-refractivity contribution in [1.29, 1.82) is 0 Å². The second-order valence-corrected chi connectivity index (χ2v) is 9.52. The van der Waals surface area contributed by atoms with Crippen molar-refractivity contribution < 1.29 is 4.79 Å². The molecule has 1 atom stereocenters. The molecule has 29 heavy (non-hydrogen) atoms. The number of hydrogen-bond donors (Lipinski definition) is 0. The van der Waals surface area contributed by atoms with Gasteiger partial charge in [0.1, 0.15) is 5.82 Å². The van der Waals surface area contributed by atoms with E-state index in [1.807, 2.05) is 11.0 Å². The number of imidazole rings is 1. The smallest absolute Gasteiger partial charge is 0.223 e. The van der Waals surface area contributed by atoms with Crippen LogP contribution in [0, 0.1) is 0 Å². The number of fused-ring (bicyclic) bond motifs is 1. The summed E-state index contributed by atoms with van der Waals surface area (Å²) in [5, 5.41) is 0. The molecule has 1 aromatic heterocycles. The summed E-state index contributed by atoms with van der Waals surface area (Å²) in [7, 11) is 0. The number of para-hydroxylation sites is 2. The molecule has 2 aromatic carbocycles. The van der Waals surface area contributed by atoms with Crippen molar-refractivity contribution in [2.24, 2.45) is 0 Å². The molecule has 4 nitrogen and oxygen atoms in total. The van der Waals surface area contributed by atoms with Crippen LogP contribution in [0.3, 0.4) is 0 Å². The highest BCUT2D eigenvalue weighted by Gasteiger charge is 2.39. The topological polar surface area (TPSA) is 38.1 Å². The average Bonchev–Trinajstić information content (AvgIpc) is 3.23. The van der Waals surface area contributed by atoms with Crippen LogP contribution < -0.4 is 0 Å². The van der Waals surface area contributed by atoms with E-state index in [0.717, 1.165) is 29.9 Å². The van der Waals surface area contributed by atoms with Gasteiger partial charge in [-0.25, -0.2) is 4.98 Å². The molecular weight excluding hydrogens is 358 g/mol. The van der Waals surface area contributed by atoms with Crippen LogP contribution in [0.5, 0.6) is 0 Å². The normalized spacial score (nSPS) is 17.7. The summed E-state index contributed by atoms with van der Waals surface area (Å²) >= 11 is 0. The summed E-state index contributed by atoms with van der Waals surface area (Å²) in [5.74, 6) is 1.91. The Morgan fingerprint density at radius 3 is 2.38 bits per heavy atom. The van der Waals surface area contributed by atoms with E-state index >= 15 is 0 Å². The van der Waals surface area contributed by atoms with Gasteiger partial charge in [0.15, 0.2) is 0 Å². The fourth-order valence-corrected chi connectivity index (χ4v) is 4.29. The van der Waals surface area contributed by atoms with Gasteiger partial charge in [0.2, 0.25) is 5.91 Å². The van der Waals surface area contributed by atoms with E-state index in [1.54, 1.807) is 0 Å². The highest BCUT2D eigenvalue weighted by molar-refractivity contribution is 5.81. The van der Waals surface area contributed by atoms with Crippen molar-refractivity contribution in [3.8, 4) is 0 Å². The Balaban J connectivity index is 1.71. The number of amides is 1. The average molecular weight is 390 g/mol. The highest BCUT2D eigenvalue weighted by atomic mass is 16.2. The summed E-state index contributed by atoms with van der Waals surface area (Å²) in [5.41, 5.74) is 4.59. The molecule has 0 aliphatic carbocycles. The molecule has 2 heterocycles. The maximum Gasteiger partial charge on any atom is 0.223 e. The Morgan fingerprint density at radius 2 is 1.76 bits per heavy atom. The summed E-state index contributed by atoms with van der Waals surface area (Å²) in [6.07, 6.45) is 0.535. The van der Waals surface area contributed by atoms with Crippen molar-refractivity contribution in [2.45, 2.75) is 65.0 Å². The van der Waals surface area contributed by atoms with Gasteiger partial charge in [-0.3, -0.25) is 4.79 Å². The van der Waals surface area contributed by atoms with Crippen LogP contribution in [0.15, 0.2) is 48.5 Å². The second kappa shape index (κ2) is 7.33.